The molecule has 5 heteroatoms. The Morgan fingerprint density at radius 2 is 2.11 bits per heavy atom. The first-order chi connectivity index (χ1) is 9.17. The van der Waals surface area contributed by atoms with E-state index in [4.69, 9.17) is 16.3 Å². The van der Waals surface area contributed by atoms with Crippen molar-refractivity contribution in [1.82, 2.24) is 9.97 Å². The highest BCUT2D eigenvalue weighted by Crippen LogP contribution is 2.34. The molecule has 0 fully saturated rings. The summed E-state index contributed by atoms with van der Waals surface area (Å²) < 4.78 is 5.42. The van der Waals surface area contributed by atoms with Gasteiger partial charge in [-0.2, -0.15) is 0 Å². The number of nitrogens with zero attached hydrogens (tertiary/aromatic N) is 2. The molecule has 2 aromatic rings. The second-order valence-corrected chi connectivity index (χ2v) is 4.51. The summed E-state index contributed by atoms with van der Waals surface area (Å²) in [6.07, 6.45) is 1.52. The van der Waals surface area contributed by atoms with E-state index in [0.29, 0.717) is 16.6 Å². The van der Waals surface area contributed by atoms with Crippen molar-refractivity contribution in [2.24, 2.45) is 0 Å². The molecule has 0 spiro atoms. The van der Waals surface area contributed by atoms with Crippen LogP contribution >= 0.6 is 11.6 Å². The van der Waals surface area contributed by atoms with Gasteiger partial charge < -0.3 is 10.1 Å². The number of anilines is 1. The maximum Gasteiger partial charge on any atom is 0.187 e. The van der Waals surface area contributed by atoms with Crippen LogP contribution in [0.5, 0.6) is 5.75 Å². The first-order valence-corrected chi connectivity index (χ1v) is 6.44. The van der Waals surface area contributed by atoms with Gasteiger partial charge in [-0.3, -0.25) is 0 Å². The highest BCUT2D eigenvalue weighted by atomic mass is 35.5. The smallest absolute Gasteiger partial charge is 0.187 e. The predicted octanol–water partition coefficient (Wildman–Crippen LogP) is 3.55. The van der Waals surface area contributed by atoms with Gasteiger partial charge in [0.2, 0.25) is 0 Å². The minimum absolute atomic E-state index is 0.629. The van der Waals surface area contributed by atoms with Crippen LogP contribution in [0, 0.1) is 6.92 Å². The van der Waals surface area contributed by atoms with Gasteiger partial charge >= 0.3 is 0 Å². The fraction of sp³-hybridized carbons (Fsp3) is 0.286. The summed E-state index contributed by atoms with van der Waals surface area (Å²) in [7, 11) is 1.61. The number of aryl methyl sites for hydroxylation is 1. The fourth-order valence-electron chi connectivity index (χ4n) is 1.81. The van der Waals surface area contributed by atoms with Gasteiger partial charge in [-0.25, -0.2) is 9.97 Å². The average Bonchev–Trinajstić information content (AvgIpc) is 2.42. The molecule has 4 nitrogen and oxygen atoms in total. The van der Waals surface area contributed by atoms with Crippen LogP contribution in [0.2, 0.25) is 5.02 Å². The molecule has 19 heavy (non-hydrogen) atoms. The molecular weight excluding hydrogens is 262 g/mol. The lowest BCUT2D eigenvalue weighted by molar-refractivity contribution is 0.414. The van der Waals surface area contributed by atoms with Crippen LogP contribution in [-0.4, -0.2) is 23.6 Å². The van der Waals surface area contributed by atoms with Gasteiger partial charge in [0.25, 0.3) is 0 Å². The molecule has 1 N–H and O–H groups in total. The molecule has 2 rings (SSSR count). The maximum atomic E-state index is 6.16. The molecule has 0 unspecified atom stereocenters. The minimum atomic E-state index is 0.629. The van der Waals surface area contributed by atoms with E-state index >= 15 is 0 Å². The number of methoxy groups -OCH3 is 1. The van der Waals surface area contributed by atoms with Crippen molar-refractivity contribution in [3.05, 3.63) is 35.1 Å². The summed E-state index contributed by atoms with van der Waals surface area (Å²) in [5, 5.41) is 3.87. The second-order valence-electron chi connectivity index (χ2n) is 4.10. The standard InChI is InChI=1S/C14H16ClN3O/c1-4-16-14-13(19-3)12(17-8-18-14)10-6-5-9(2)11(15)7-10/h5-8H,4H2,1-3H3,(H,16,17,18). The molecule has 0 atom stereocenters. The highest BCUT2D eigenvalue weighted by molar-refractivity contribution is 6.31. The van der Waals surface area contributed by atoms with Crippen LogP contribution in [0.3, 0.4) is 0 Å². The molecular formula is C14H16ClN3O. The number of aromatic nitrogens is 2. The Kier molecular flexibility index (Phi) is 4.22. The zero-order chi connectivity index (χ0) is 13.8. The minimum Gasteiger partial charge on any atom is -0.491 e. The molecule has 1 aromatic heterocycles. The second kappa shape index (κ2) is 5.89. The SMILES string of the molecule is CCNc1ncnc(-c2ccc(C)c(Cl)c2)c1OC. The molecule has 0 saturated heterocycles. The topological polar surface area (TPSA) is 47.0 Å². The van der Waals surface area contributed by atoms with Crippen molar-refractivity contribution in [2.75, 3.05) is 19.0 Å². The Labute approximate surface area is 117 Å². The average molecular weight is 278 g/mol. The van der Waals surface area contributed by atoms with Crippen molar-refractivity contribution >= 4 is 17.4 Å². The van der Waals surface area contributed by atoms with Crippen molar-refractivity contribution in [3.63, 3.8) is 0 Å². The number of halogens is 1. The highest BCUT2D eigenvalue weighted by Gasteiger charge is 2.14. The molecule has 1 aromatic carbocycles. The van der Waals surface area contributed by atoms with Crippen molar-refractivity contribution in [3.8, 4) is 17.0 Å². The van der Waals surface area contributed by atoms with E-state index in [9.17, 15) is 0 Å². The van der Waals surface area contributed by atoms with E-state index in [1.165, 1.54) is 6.33 Å². The first kappa shape index (κ1) is 13.6. The molecule has 0 saturated carbocycles. The summed E-state index contributed by atoms with van der Waals surface area (Å²) in [6, 6.07) is 5.82. The third kappa shape index (κ3) is 2.79. The molecule has 1 heterocycles. The van der Waals surface area contributed by atoms with Crippen LogP contribution in [-0.2, 0) is 0 Å². The van der Waals surface area contributed by atoms with Gasteiger partial charge in [0.1, 0.15) is 12.0 Å². The molecule has 0 aliphatic rings. The summed E-state index contributed by atoms with van der Waals surface area (Å²) in [6.45, 7) is 4.73. The van der Waals surface area contributed by atoms with Crippen LogP contribution in [0.25, 0.3) is 11.3 Å². The van der Waals surface area contributed by atoms with E-state index in [-0.39, 0.29) is 0 Å². The van der Waals surface area contributed by atoms with Crippen LogP contribution in [0.1, 0.15) is 12.5 Å². The summed E-state index contributed by atoms with van der Waals surface area (Å²) in [5.41, 5.74) is 2.68. The molecule has 0 bridgehead atoms. The molecule has 0 amide bonds. The van der Waals surface area contributed by atoms with Gasteiger partial charge in [0.15, 0.2) is 11.6 Å². The Bertz CT molecular complexity index is 587. The Hall–Kier alpha value is -1.81. The quantitative estimate of drug-likeness (QED) is 0.928. The number of ether oxygens (including phenoxy) is 1. The normalized spacial score (nSPS) is 10.3. The van der Waals surface area contributed by atoms with Crippen molar-refractivity contribution in [1.29, 1.82) is 0 Å². The van der Waals surface area contributed by atoms with Crippen LogP contribution in [0.15, 0.2) is 24.5 Å². The van der Waals surface area contributed by atoms with E-state index in [2.05, 4.69) is 15.3 Å². The van der Waals surface area contributed by atoms with Gasteiger partial charge in [0, 0.05) is 17.1 Å². The monoisotopic (exact) mass is 277 g/mol. The van der Waals surface area contributed by atoms with Gasteiger partial charge in [0.05, 0.1) is 7.11 Å². The lowest BCUT2D eigenvalue weighted by Crippen LogP contribution is -2.04. The number of hydrogen-bond donors (Lipinski definition) is 1. The summed E-state index contributed by atoms with van der Waals surface area (Å²) >= 11 is 6.16. The number of hydrogen-bond acceptors (Lipinski definition) is 4. The fourth-order valence-corrected chi connectivity index (χ4v) is 1.99. The number of nitrogens with one attached hydrogen (secondary N) is 1. The van der Waals surface area contributed by atoms with E-state index in [1.54, 1.807) is 7.11 Å². The van der Waals surface area contributed by atoms with Crippen molar-refractivity contribution in [2.45, 2.75) is 13.8 Å². The van der Waals surface area contributed by atoms with E-state index in [1.807, 2.05) is 32.0 Å². The van der Waals surface area contributed by atoms with E-state index < -0.39 is 0 Å². The third-order valence-corrected chi connectivity index (χ3v) is 3.20. The number of benzene rings is 1. The Morgan fingerprint density at radius 1 is 1.32 bits per heavy atom. The lowest BCUT2D eigenvalue weighted by Gasteiger charge is -2.12. The van der Waals surface area contributed by atoms with Gasteiger partial charge in [-0.05, 0) is 25.5 Å². The Morgan fingerprint density at radius 3 is 2.74 bits per heavy atom. The van der Waals surface area contributed by atoms with Crippen molar-refractivity contribution < 1.29 is 4.74 Å². The zero-order valence-corrected chi connectivity index (χ0v) is 12.0. The largest absolute Gasteiger partial charge is 0.491 e. The molecule has 0 aliphatic heterocycles. The molecule has 0 radical (unpaired) electrons. The van der Waals surface area contributed by atoms with Gasteiger partial charge in [-0.1, -0.05) is 23.7 Å². The number of rotatable bonds is 4. The van der Waals surface area contributed by atoms with Crippen LogP contribution in [0.4, 0.5) is 5.82 Å². The maximum absolute atomic E-state index is 6.16. The Balaban J connectivity index is 2.54. The summed E-state index contributed by atoms with van der Waals surface area (Å²) in [4.78, 5) is 8.48. The van der Waals surface area contributed by atoms with E-state index in [0.717, 1.165) is 23.4 Å². The summed E-state index contributed by atoms with van der Waals surface area (Å²) in [5.74, 6) is 1.32. The van der Waals surface area contributed by atoms with Crippen LogP contribution < -0.4 is 10.1 Å². The molecule has 0 aliphatic carbocycles. The lowest BCUT2D eigenvalue weighted by atomic mass is 10.1. The first-order valence-electron chi connectivity index (χ1n) is 6.06. The predicted molar refractivity (Wildman–Crippen MR) is 77.9 cm³/mol. The zero-order valence-electron chi connectivity index (χ0n) is 11.2. The molecule has 100 valence electrons. The third-order valence-electron chi connectivity index (χ3n) is 2.80. The van der Waals surface area contributed by atoms with Gasteiger partial charge in [-0.15, -0.1) is 0 Å².